The molecular weight excluding hydrogens is 348 g/mol. The van der Waals surface area contributed by atoms with Gasteiger partial charge in [-0.25, -0.2) is 8.78 Å². The lowest BCUT2D eigenvalue weighted by Crippen LogP contribution is -2.24. The highest BCUT2D eigenvalue weighted by atomic mass is 35.5. The molecule has 3 aromatic rings. The first kappa shape index (κ1) is 17.2. The van der Waals surface area contributed by atoms with Gasteiger partial charge in [-0.1, -0.05) is 29.8 Å². The molecule has 25 heavy (non-hydrogen) atoms. The van der Waals surface area contributed by atoms with Crippen LogP contribution in [0, 0.1) is 11.6 Å². The molecule has 0 saturated carbocycles. The molecular formula is C19H14ClF2NO2. The summed E-state index contributed by atoms with van der Waals surface area (Å²) >= 11 is 5.89. The molecule has 1 heterocycles. The topological polar surface area (TPSA) is 42.2 Å². The minimum absolute atomic E-state index is 0.247. The van der Waals surface area contributed by atoms with Gasteiger partial charge in [-0.2, -0.15) is 0 Å². The van der Waals surface area contributed by atoms with Gasteiger partial charge in [-0.3, -0.25) is 4.79 Å². The molecule has 0 bridgehead atoms. The summed E-state index contributed by atoms with van der Waals surface area (Å²) in [4.78, 5) is 12.7. The van der Waals surface area contributed by atoms with E-state index in [0.29, 0.717) is 16.3 Å². The highest BCUT2D eigenvalue weighted by Gasteiger charge is 2.24. The first-order chi connectivity index (χ1) is 12.0. The number of nitrogens with one attached hydrogen (secondary N) is 1. The van der Waals surface area contributed by atoms with Gasteiger partial charge in [0, 0.05) is 11.4 Å². The number of rotatable bonds is 5. The molecule has 0 aliphatic heterocycles. The van der Waals surface area contributed by atoms with Crippen LogP contribution in [0.4, 0.5) is 14.5 Å². The van der Waals surface area contributed by atoms with Gasteiger partial charge in [-0.05, 0) is 42.0 Å². The van der Waals surface area contributed by atoms with Crippen molar-refractivity contribution in [2.75, 3.05) is 5.32 Å². The molecule has 0 radical (unpaired) electrons. The van der Waals surface area contributed by atoms with Gasteiger partial charge >= 0.3 is 0 Å². The number of anilines is 1. The number of hydrogen-bond acceptors (Lipinski definition) is 2. The third-order valence-electron chi connectivity index (χ3n) is 3.79. The molecule has 1 atom stereocenters. The molecule has 0 aliphatic carbocycles. The number of carbonyl (C=O) groups is 1. The lowest BCUT2D eigenvalue weighted by atomic mass is 9.93. The van der Waals surface area contributed by atoms with Crippen LogP contribution in [-0.4, -0.2) is 5.91 Å². The van der Waals surface area contributed by atoms with E-state index >= 15 is 0 Å². The van der Waals surface area contributed by atoms with Crippen LogP contribution < -0.4 is 5.32 Å². The number of hydrogen-bond donors (Lipinski definition) is 1. The number of furan rings is 1. The predicted octanol–water partition coefficient (Wildman–Crippen LogP) is 5.18. The summed E-state index contributed by atoms with van der Waals surface area (Å²) in [6.07, 6.45) is 1.75. The Hall–Kier alpha value is -2.66. The van der Waals surface area contributed by atoms with Crippen molar-refractivity contribution in [1.82, 2.24) is 0 Å². The van der Waals surface area contributed by atoms with E-state index in [2.05, 4.69) is 5.32 Å². The Morgan fingerprint density at radius 3 is 2.32 bits per heavy atom. The van der Waals surface area contributed by atoms with Crippen LogP contribution in [0.25, 0.3) is 0 Å². The number of amides is 1. The van der Waals surface area contributed by atoms with E-state index in [9.17, 15) is 13.6 Å². The van der Waals surface area contributed by atoms with E-state index in [-0.39, 0.29) is 6.42 Å². The minimum Gasteiger partial charge on any atom is -0.469 e. The molecule has 3 rings (SSSR count). The lowest BCUT2D eigenvalue weighted by Gasteiger charge is -2.17. The maximum atomic E-state index is 13.8. The van der Waals surface area contributed by atoms with Crippen molar-refractivity contribution in [3.8, 4) is 0 Å². The van der Waals surface area contributed by atoms with Crippen molar-refractivity contribution in [3.63, 3.8) is 0 Å². The van der Waals surface area contributed by atoms with Gasteiger partial charge in [0.15, 0.2) is 0 Å². The van der Waals surface area contributed by atoms with E-state index in [4.69, 9.17) is 16.0 Å². The molecule has 1 amide bonds. The summed E-state index contributed by atoms with van der Waals surface area (Å²) in [7, 11) is 0. The van der Waals surface area contributed by atoms with Gasteiger partial charge in [0.05, 0.1) is 12.2 Å². The summed E-state index contributed by atoms with van der Waals surface area (Å²) in [6, 6.07) is 13.6. The van der Waals surface area contributed by atoms with Gasteiger partial charge in [0.1, 0.15) is 23.1 Å². The molecule has 0 spiro atoms. The molecule has 0 aliphatic rings. The van der Waals surface area contributed by atoms with Gasteiger partial charge in [0.2, 0.25) is 5.91 Å². The van der Waals surface area contributed by atoms with E-state index in [1.54, 1.807) is 36.4 Å². The summed E-state index contributed by atoms with van der Waals surface area (Å²) in [5.41, 5.74) is 0.195. The Balaban J connectivity index is 1.90. The molecule has 1 N–H and O–H groups in total. The number of para-hydroxylation sites is 1. The van der Waals surface area contributed by atoms with Crippen LogP contribution >= 0.6 is 11.6 Å². The fourth-order valence-corrected chi connectivity index (χ4v) is 2.64. The normalized spacial score (nSPS) is 12.0. The smallest absolute Gasteiger partial charge is 0.232 e. The maximum absolute atomic E-state index is 13.8. The van der Waals surface area contributed by atoms with E-state index in [1.165, 1.54) is 12.3 Å². The Morgan fingerprint density at radius 2 is 1.72 bits per heavy atom. The molecule has 3 nitrogen and oxygen atoms in total. The molecule has 0 saturated heterocycles. The van der Waals surface area contributed by atoms with Gasteiger partial charge in [0.25, 0.3) is 0 Å². The van der Waals surface area contributed by atoms with Crippen LogP contribution in [0.5, 0.6) is 0 Å². The van der Waals surface area contributed by atoms with Crippen molar-refractivity contribution in [3.05, 3.63) is 88.8 Å². The first-order valence-electron chi connectivity index (χ1n) is 7.57. The second kappa shape index (κ2) is 7.49. The second-order valence-corrected chi connectivity index (χ2v) is 5.91. The van der Waals surface area contributed by atoms with Crippen LogP contribution in [0.2, 0.25) is 5.02 Å². The van der Waals surface area contributed by atoms with Gasteiger partial charge in [-0.15, -0.1) is 0 Å². The lowest BCUT2D eigenvalue weighted by molar-refractivity contribution is -0.117. The van der Waals surface area contributed by atoms with Crippen LogP contribution in [-0.2, 0) is 11.2 Å². The van der Waals surface area contributed by atoms with E-state index in [0.717, 1.165) is 12.1 Å². The van der Waals surface area contributed by atoms with E-state index in [1.807, 2.05) is 0 Å². The molecule has 2 aromatic carbocycles. The van der Waals surface area contributed by atoms with Gasteiger partial charge < -0.3 is 9.73 Å². The Labute approximate surface area is 148 Å². The second-order valence-electron chi connectivity index (χ2n) is 5.47. The number of halogens is 3. The quantitative estimate of drug-likeness (QED) is 0.680. The fourth-order valence-electron chi connectivity index (χ4n) is 2.51. The Bertz CT molecular complexity index is 843. The Morgan fingerprint density at radius 1 is 1.04 bits per heavy atom. The average molecular weight is 362 g/mol. The largest absolute Gasteiger partial charge is 0.469 e. The predicted molar refractivity (Wildman–Crippen MR) is 91.6 cm³/mol. The monoisotopic (exact) mass is 361 g/mol. The maximum Gasteiger partial charge on any atom is 0.232 e. The summed E-state index contributed by atoms with van der Waals surface area (Å²) in [5, 5.41) is 2.87. The summed E-state index contributed by atoms with van der Waals surface area (Å²) in [5.74, 6) is -2.31. The van der Waals surface area contributed by atoms with Crippen LogP contribution in [0.15, 0.2) is 65.3 Å². The number of benzene rings is 2. The highest BCUT2D eigenvalue weighted by molar-refractivity contribution is 6.30. The standard InChI is InChI=1S/C19H14ClF2NO2/c20-13-8-6-12(7-9-13)15(11-14-3-2-10-25-14)19(24)23-18-16(21)4-1-5-17(18)22/h1-10,15H,11H2,(H,23,24). The van der Waals surface area contributed by atoms with E-state index < -0.39 is 29.1 Å². The molecule has 1 unspecified atom stereocenters. The number of carbonyl (C=O) groups excluding carboxylic acids is 1. The Kier molecular flexibility index (Phi) is 5.14. The molecule has 6 heteroatoms. The SMILES string of the molecule is O=C(Nc1c(F)cccc1F)C(Cc1ccco1)c1ccc(Cl)cc1. The zero-order valence-electron chi connectivity index (χ0n) is 13.0. The zero-order chi connectivity index (χ0) is 17.8. The van der Waals surface area contributed by atoms with Crippen LogP contribution in [0.1, 0.15) is 17.2 Å². The summed E-state index contributed by atoms with van der Waals surface area (Å²) in [6.45, 7) is 0. The minimum atomic E-state index is -0.832. The van der Waals surface area contributed by atoms with Crippen molar-refractivity contribution in [2.45, 2.75) is 12.3 Å². The third-order valence-corrected chi connectivity index (χ3v) is 4.04. The first-order valence-corrected chi connectivity index (χ1v) is 7.95. The fraction of sp³-hybridized carbons (Fsp3) is 0.105. The van der Waals surface area contributed by atoms with Crippen molar-refractivity contribution in [2.24, 2.45) is 0 Å². The third kappa shape index (κ3) is 4.06. The summed E-state index contributed by atoms with van der Waals surface area (Å²) < 4.78 is 32.9. The van der Waals surface area contributed by atoms with Crippen molar-refractivity contribution in [1.29, 1.82) is 0 Å². The average Bonchev–Trinajstić information content (AvgIpc) is 3.10. The van der Waals surface area contributed by atoms with Crippen LogP contribution in [0.3, 0.4) is 0 Å². The molecule has 128 valence electrons. The molecule has 1 aromatic heterocycles. The highest BCUT2D eigenvalue weighted by Crippen LogP contribution is 2.26. The molecule has 0 fully saturated rings. The van der Waals surface area contributed by atoms with Crippen molar-refractivity contribution >= 4 is 23.2 Å². The van der Waals surface area contributed by atoms with Crippen molar-refractivity contribution < 1.29 is 18.0 Å². The zero-order valence-corrected chi connectivity index (χ0v) is 13.8.